The van der Waals surface area contributed by atoms with Crippen LogP contribution in [0.15, 0.2) is 29.2 Å². The number of hydrogen-bond acceptors (Lipinski definition) is 2. The van der Waals surface area contributed by atoms with Crippen LogP contribution in [-0.2, 0) is 0 Å². The van der Waals surface area contributed by atoms with Crippen LogP contribution in [0.3, 0.4) is 0 Å². The van der Waals surface area contributed by atoms with Crippen molar-refractivity contribution in [1.29, 1.82) is 0 Å². The van der Waals surface area contributed by atoms with Crippen molar-refractivity contribution in [3.8, 4) is 0 Å². The van der Waals surface area contributed by atoms with Gasteiger partial charge in [-0.05, 0) is 31.2 Å². The molecule has 0 saturated heterocycles. The lowest BCUT2D eigenvalue weighted by Crippen LogP contribution is -1.97. The van der Waals surface area contributed by atoms with Gasteiger partial charge in [0.25, 0.3) is 0 Å². The first-order valence-electron chi connectivity index (χ1n) is 4.20. The Balaban J connectivity index is 2.60. The lowest BCUT2D eigenvalue weighted by Gasteiger charge is -2.02. The monoisotopic (exact) mass is 214 g/mol. The molecule has 0 saturated carbocycles. The van der Waals surface area contributed by atoms with E-state index in [4.69, 9.17) is 5.11 Å². The van der Waals surface area contributed by atoms with Crippen molar-refractivity contribution in [2.45, 2.75) is 18.0 Å². The van der Waals surface area contributed by atoms with Crippen molar-refractivity contribution in [2.75, 3.05) is 5.75 Å². The van der Waals surface area contributed by atoms with Crippen molar-refractivity contribution in [2.24, 2.45) is 0 Å². The zero-order chi connectivity index (χ0) is 10.6. The standard InChI is InChI=1S/C10H11FO2S/c1-7(11)6-14-9-4-2-8(3-5-9)10(12)13/h2-5,7H,6H2,1H3,(H,12,13). The van der Waals surface area contributed by atoms with Gasteiger partial charge in [0.1, 0.15) is 6.17 Å². The minimum absolute atomic E-state index is 0.252. The molecule has 0 spiro atoms. The molecule has 0 aliphatic rings. The van der Waals surface area contributed by atoms with Gasteiger partial charge in [0.05, 0.1) is 5.56 Å². The molecular weight excluding hydrogens is 203 g/mol. The predicted octanol–water partition coefficient (Wildman–Crippen LogP) is 2.83. The average molecular weight is 214 g/mol. The molecule has 1 aromatic rings. The Kier molecular flexibility index (Phi) is 3.95. The maximum absolute atomic E-state index is 12.5. The average Bonchev–Trinajstić information content (AvgIpc) is 2.15. The van der Waals surface area contributed by atoms with Crippen LogP contribution < -0.4 is 0 Å². The van der Waals surface area contributed by atoms with Crippen molar-refractivity contribution in [1.82, 2.24) is 0 Å². The largest absolute Gasteiger partial charge is 0.478 e. The lowest BCUT2D eigenvalue weighted by molar-refractivity contribution is 0.0697. The van der Waals surface area contributed by atoms with Gasteiger partial charge in [0.2, 0.25) is 0 Å². The summed E-state index contributed by atoms with van der Waals surface area (Å²) < 4.78 is 12.5. The summed E-state index contributed by atoms with van der Waals surface area (Å²) in [5.41, 5.74) is 0.252. The highest BCUT2D eigenvalue weighted by molar-refractivity contribution is 7.99. The van der Waals surface area contributed by atoms with Gasteiger partial charge in [-0.3, -0.25) is 0 Å². The van der Waals surface area contributed by atoms with Crippen molar-refractivity contribution in [3.63, 3.8) is 0 Å². The topological polar surface area (TPSA) is 37.3 Å². The minimum Gasteiger partial charge on any atom is -0.478 e. The Bertz CT molecular complexity index is 308. The fourth-order valence-corrected chi connectivity index (χ4v) is 1.66. The van der Waals surface area contributed by atoms with E-state index < -0.39 is 12.1 Å². The third kappa shape index (κ3) is 3.38. The Morgan fingerprint density at radius 1 is 1.50 bits per heavy atom. The summed E-state index contributed by atoms with van der Waals surface area (Å²) in [5, 5.41) is 8.63. The molecule has 1 aromatic carbocycles. The summed E-state index contributed by atoms with van der Waals surface area (Å²) in [6, 6.07) is 6.42. The van der Waals surface area contributed by atoms with Crippen LogP contribution in [0.1, 0.15) is 17.3 Å². The first kappa shape index (κ1) is 11.0. The zero-order valence-corrected chi connectivity index (χ0v) is 8.55. The molecule has 14 heavy (non-hydrogen) atoms. The van der Waals surface area contributed by atoms with Crippen LogP contribution in [0.25, 0.3) is 0 Å². The Morgan fingerprint density at radius 2 is 2.07 bits per heavy atom. The van der Waals surface area contributed by atoms with Crippen LogP contribution in [0.4, 0.5) is 4.39 Å². The summed E-state index contributed by atoms with van der Waals surface area (Å²) in [6.07, 6.45) is -0.848. The van der Waals surface area contributed by atoms with Crippen molar-refractivity contribution >= 4 is 17.7 Å². The number of carboxylic acids is 1. The Labute approximate surface area is 86.1 Å². The number of hydrogen-bond donors (Lipinski definition) is 1. The molecule has 0 bridgehead atoms. The summed E-state index contributed by atoms with van der Waals surface area (Å²) in [5.74, 6) is -0.549. The normalized spacial score (nSPS) is 12.4. The van der Waals surface area contributed by atoms with E-state index in [1.807, 2.05) is 0 Å². The molecule has 1 atom stereocenters. The second kappa shape index (κ2) is 5.00. The van der Waals surface area contributed by atoms with E-state index in [1.165, 1.54) is 30.8 Å². The minimum atomic E-state index is -0.944. The second-order valence-electron chi connectivity index (χ2n) is 2.92. The predicted molar refractivity (Wildman–Crippen MR) is 54.7 cm³/mol. The van der Waals surface area contributed by atoms with E-state index in [0.29, 0.717) is 5.75 Å². The van der Waals surface area contributed by atoms with Gasteiger partial charge in [0, 0.05) is 10.6 Å². The van der Waals surface area contributed by atoms with E-state index in [9.17, 15) is 9.18 Å². The van der Waals surface area contributed by atoms with E-state index >= 15 is 0 Å². The number of aromatic carboxylic acids is 1. The second-order valence-corrected chi connectivity index (χ2v) is 4.01. The molecule has 0 amide bonds. The Morgan fingerprint density at radius 3 is 2.50 bits per heavy atom. The summed E-state index contributed by atoms with van der Waals surface area (Å²) >= 11 is 1.38. The number of alkyl halides is 1. The number of carbonyl (C=O) groups is 1. The maximum Gasteiger partial charge on any atom is 0.335 e. The molecule has 76 valence electrons. The molecule has 1 unspecified atom stereocenters. The number of carboxylic acid groups (broad SMARTS) is 1. The third-order valence-corrected chi connectivity index (χ3v) is 2.81. The van der Waals surface area contributed by atoms with E-state index in [1.54, 1.807) is 12.1 Å². The fraction of sp³-hybridized carbons (Fsp3) is 0.300. The highest BCUT2D eigenvalue weighted by Gasteiger charge is 2.03. The SMILES string of the molecule is CC(F)CSc1ccc(C(=O)O)cc1. The molecule has 0 fully saturated rings. The van der Waals surface area contributed by atoms with Gasteiger partial charge in [0.15, 0.2) is 0 Å². The molecular formula is C10H11FO2S. The molecule has 0 heterocycles. The molecule has 0 radical (unpaired) electrons. The quantitative estimate of drug-likeness (QED) is 0.783. The van der Waals surface area contributed by atoms with Gasteiger partial charge >= 0.3 is 5.97 Å². The summed E-state index contributed by atoms with van der Waals surface area (Å²) in [6.45, 7) is 1.50. The first-order chi connectivity index (χ1) is 6.59. The smallest absolute Gasteiger partial charge is 0.335 e. The molecule has 0 aromatic heterocycles. The van der Waals surface area contributed by atoms with Crippen LogP contribution >= 0.6 is 11.8 Å². The van der Waals surface area contributed by atoms with Gasteiger partial charge in [-0.25, -0.2) is 9.18 Å². The summed E-state index contributed by atoms with van der Waals surface area (Å²) in [7, 11) is 0. The molecule has 1 rings (SSSR count). The van der Waals surface area contributed by atoms with Gasteiger partial charge < -0.3 is 5.11 Å². The molecule has 2 nitrogen and oxygen atoms in total. The van der Waals surface area contributed by atoms with E-state index in [0.717, 1.165) is 4.90 Å². The fourth-order valence-electron chi connectivity index (χ4n) is 0.905. The zero-order valence-electron chi connectivity index (χ0n) is 7.74. The van der Waals surface area contributed by atoms with Crippen LogP contribution in [0, 0.1) is 0 Å². The number of thioether (sulfide) groups is 1. The molecule has 0 aliphatic carbocycles. The lowest BCUT2D eigenvalue weighted by atomic mass is 10.2. The Hall–Kier alpha value is -1.03. The van der Waals surface area contributed by atoms with Crippen LogP contribution in [-0.4, -0.2) is 23.0 Å². The maximum atomic E-state index is 12.5. The number of rotatable bonds is 4. The van der Waals surface area contributed by atoms with Gasteiger partial charge in [-0.15, -0.1) is 11.8 Å². The summed E-state index contributed by atoms with van der Waals surface area (Å²) in [4.78, 5) is 11.4. The highest BCUT2D eigenvalue weighted by Crippen LogP contribution is 2.19. The number of benzene rings is 1. The van der Waals surface area contributed by atoms with Crippen molar-refractivity contribution < 1.29 is 14.3 Å². The third-order valence-electron chi connectivity index (χ3n) is 1.58. The van der Waals surface area contributed by atoms with Gasteiger partial charge in [-0.1, -0.05) is 0 Å². The highest BCUT2D eigenvalue weighted by atomic mass is 32.2. The van der Waals surface area contributed by atoms with E-state index in [2.05, 4.69) is 0 Å². The van der Waals surface area contributed by atoms with E-state index in [-0.39, 0.29) is 5.56 Å². The van der Waals surface area contributed by atoms with Crippen LogP contribution in [0.2, 0.25) is 0 Å². The first-order valence-corrected chi connectivity index (χ1v) is 5.18. The van der Waals surface area contributed by atoms with Gasteiger partial charge in [-0.2, -0.15) is 0 Å². The molecule has 4 heteroatoms. The molecule has 0 aliphatic heterocycles. The number of halogens is 1. The van der Waals surface area contributed by atoms with Crippen molar-refractivity contribution in [3.05, 3.63) is 29.8 Å². The van der Waals surface area contributed by atoms with Crippen LogP contribution in [0.5, 0.6) is 0 Å². The molecule has 1 N–H and O–H groups in total.